The summed E-state index contributed by atoms with van der Waals surface area (Å²) in [4.78, 5) is 25.6. The number of hydrogen-bond donors (Lipinski definition) is 1. The van der Waals surface area contributed by atoms with Gasteiger partial charge in [0.15, 0.2) is 0 Å². The number of carbonyl (C=O) groups is 2. The Balaban J connectivity index is 1.67. The molecule has 0 heterocycles. The van der Waals surface area contributed by atoms with Crippen LogP contribution in [0.3, 0.4) is 0 Å². The zero-order valence-corrected chi connectivity index (χ0v) is 14.7. The fraction of sp³-hybridized carbons (Fsp3) is 0.789. The zero-order valence-electron chi connectivity index (χ0n) is 14.7. The van der Waals surface area contributed by atoms with Crippen molar-refractivity contribution < 1.29 is 9.59 Å². The quantitative estimate of drug-likeness (QED) is 0.792. The van der Waals surface area contributed by atoms with E-state index < -0.39 is 0 Å². The molecule has 0 radical (unpaired) electrons. The van der Waals surface area contributed by atoms with Gasteiger partial charge >= 0.3 is 0 Å². The predicted molar refractivity (Wildman–Crippen MR) is 90.7 cm³/mol. The van der Waals surface area contributed by atoms with Gasteiger partial charge in [-0.3, -0.25) is 9.59 Å². The first-order chi connectivity index (χ1) is 10.9. The molecule has 4 nitrogen and oxygen atoms in total. The van der Waals surface area contributed by atoms with Crippen LogP contribution in [-0.2, 0) is 9.59 Å². The summed E-state index contributed by atoms with van der Waals surface area (Å²) in [6, 6.07) is 0. The third kappa shape index (κ3) is 3.31. The van der Waals surface area contributed by atoms with Crippen LogP contribution in [0.25, 0.3) is 0 Å². The molecule has 23 heavy (non-hydrogen) atoms. The lowest BCUT2D eigenvalue weighted by Gasteiger charge is -2.57. The molecule has 0 aromatic carbocycles. The molecule has 4 bridgehead atoms. The van der Waals surface area contributed by atoms with Gasteiger partial charge in [0.25, 0.3) is 0 Å². The third-order valence-corrected chi connectivity index (χ3v) is 6.35. The van der Waals surface area contributed by atoms with Gasteiger partial charge in [0.05, 0.1) is 6.54 Å². The van der Waals surface area contributed by atoms with E-state index in [1.807, 2.05) is 13.0 Å². The minimum absolute atomic E-state index is 0.0375. The summed E-state index contributed by atoms with van der Waals surface area (Å²) < 4.78 is 0. The number of allylic oxidation sites excluding steroid dienone is 1. The number of nitrogens with one attached hydrogen (secondary N) is 1. The van der Waals surface area contributed by atoms with Crippen molar-refractivity contribution in [1.82, 2.24) is 10.2 Å². The molecule has 0 atom stereocenters. The molecule has 4 fully saturated rings. The smallest absolute Gasteiger partial charge is 0.246 e. The Hall–Kier alpha value is -1.32. The van der Waals surface area contributed by atoms with Gasteiger partial charge < -0.3 is 10.2 Å². The van der Waals surface area contributed by atoms with E-state index in [1.165, 1.54) is 49.0 Å². The van der Waals surface area contributed by atoms with E-state index in [9.17, 15) is 9.59 Å². The Morgan fingerprint density at radius 3 is 2.13 bits per heavy atom. The maximum atomic E-state index is 12.5. The van der Waals surface area contributed by atoms with Crippen molar-refractivity contribution in [2.45, 2.75) is 52.4 Å². The highest BCUT2D eigenvalue weighted by Crippen LogP contribution is 2.62. The molecule has 0 unspecified atom stereocenters. The van der Waals surface area contributed by atoms with Crippen LogP contribution in [0.2, 0.25) is 0 Å². The summed E-state index contributed by atoms with van der Waals surface area (Å²) in [7, 11) is 1.71. The number of nitrogens with zero attached hydrogens (tertiary/aromatic N) is 1. The van der Waals surface area contributed by atoms with E-state index >= 15 is 0 Å². The highest BCUT2D eigenvalue weighted by atomic mass is 16.2. The fourth-order valence-corrected chi connectivity index (χ4v) is 5.59. The molecule has 0 aliphatic heterocycles. The van der Waals surface area contributed by atoms with Crippen molar-refractivity contribution in [3.05, 3.63) is 11.6 Å². The molecular formula is C19H30N2O2. The van der Waals surface area contributed by atoms with Gasteiger partial charge in [0.1, 0.15) is 0 Å². The monoisotopic (exact) mass is 318 g/mol. The number of amides is 2. The lowest BCUT2D eigenvalue weighted by Crippen LogP contribution is -2.47. The first kappa shape index (κ1) is 16.5. The first-order valence-corrected chi connectivity index (χ1v) is 9.12. The molecule has 0 aromatic heterocycles. The maximum Gasteiger partial charge on any atom is 0.246 e. The van der Waals surface area contributed by atoms with Crippen molar-refractivity contribution in [2.75, 3.05) is 20.1 Å². The fourth-order valence-electron chi connectivity index (χ4n) is 5.59. The van der Waals surface area contributed by atoms with E-state index in [1.54, 1.807) is 7.05 Å². The standard InChI is InChI=1S/C19H30N2O2/c1-4-20-17(22)12-21(3)18(23)5-13(2)19-9-14-6-15(10-19)8-16(7-14)11-19/h5,14-16H,4,6-12H2,1-3H3,(H,20,22)/b13-5-. The summed E-state index contributed by atoms with van der Waals surface area (Å²) in [6.45, 7) is 4.77. The van der Waals surface area contributed by atoms with Crippen molar-refractivity contribution in [2.24, 2.45) is 23.2 Å². The number of hydrogen-bond acceptors (Lipinski definition) is 2. The Bertz CT molecular complexity index is 488. The summed E-state index contributed by atoms with van der Waals surface area (Å²) in [5, 5.41) is 2.74. The zero-order chi connectivity index (χ0) is 16.6. The van der Waals surface area contributed by atoms with Gasteiger partial charge in [0, 0.05) is 19.7 Å². The Morgan fingerprint density at radius 2 is 1.65 bits per heavy atom. The number of rotatable bonds is 5. The SMILES string of the molecule is CCNC(=O)CN(C)C(=O)/C=C(/C)C12CC3CC(CC(C3)C1)C2. The molecule has 4 heteroatoms. The average molecular weight is 318 g/mol. The second kappa shape index (κ2) is 6.29. The second-order valence-electron chi connectivity index (χ2n) is 8.17. The molecule has 4 saturated carbocycles. The van der Waals surface area contributed by atoms with Crippen LogP contribution < -0.4 is 5.32 Å². The third-order valence-electron chi connectivity index (χ3n) is 6.35. The highest BCUT2D eigenvalue weighted by molar-refractivity contribution is 5.91. The molecule has 4 aliphatic carbocycles. The molecule has 4 aliphatic rings. The van der Waals surface area contributed by atoms with E-state index in [0.29, 0.717) is 6.54 Å². The maximum absolute atomic E-state index is 12.5. The molecule has 2 amide bonds. The van der Waals surface area contributed by atoms with E-state index in [4.69, 9.17) is 0 Å². The minimum atomic E-state index is -0.0933. The van der Waals surface area contributed by atoms with Crippen LogP contribution in [0.5, 0.6) is 0 Å². The number of carbonyl (C=O) groups excluding carboxylic acids is 2. The Kier molecular flexibility index (Phi) is 4.52. The van der Waals surface area contributed by atoms with Crippen molar-refractivity contribution in [1.29, 1.82) is 0 Å². The van der Waals surface area contributed by atoms with Crippen LogP contribution in [0.4, 0.5) is 0 Å². The second-order valence-corrected chi connectivity index (χ2v) is 8.17. The molecular weight excluding hydrogens is 288 g/mol. The van der Waals surface area contributed by atoms with E-state index in [0.717, 1.165) is 17.8 Å². The van der Waals surface area contributed by atoms with Crippen LogP contribution in [0.1, 0.15) is 52.4 Å². The minimum Gasteiger partial charge on any atom is -0.355 e. The van der Waals surface area contributed by atoms with Crippen LogP contribution in [-0.4, -0.2) is 36.9 Å². The summed E-state index contributed by atoms with van der Waals surface area (Å²) in [6.07, 6.45) is 9.87. The Morgan fingerprint density at radius 1 is 1.13 bits per heavy atom. The molecule has 1 N–H and O–H groups in total. The molecule has 0 spiro atoms. The predicted octanol–water partition coefficient (Wildman–Crippen LogP) is 2.74. The van der Waals surface area contributed by atoms with Gasteiger partial charge in [-0.2, -0.15) is 0 Å². The summed E-state index contributed by atoms with van der Waals surface area (Å²) >= 11 is 0. The normalized spacial score (nSPS) is 35.3. The van der Waals surface area contributed by atoms with Crippen molar-refractivity contribution in [3.8, 4) is 0 Å². The van der Waals surface area contributed by atoms with Gasteiger partial charge in [-0.1, -0.05) is 5.57 Å². The van der Waals surface area contributed by atoms with Crippen LogP contribution in [0.15, 0.2) is 11.6 Å². The highest BCUT2D eigenvalue weighted by Gasteiger charge is 2.51. The largest absolute Gasteiger partial charge is 0.355 e. The van der Waals surface area contributed by atoms with Gasteiger partial charge in [-0.15, -0.1) is 0 Å². The van der Waals surface area contributed by atoms with Crippen molar-refractivity contribution >= 4 is 11.8 Å². The van der Waals surface area contributed by atoms with Crippen LogP contribution >= 0.6 is 0 Å². The van der Waals surface area contributed by atoms with E-state index in [2.05, 4.69) is 12.2 Å². The summed E-state index contributed by atoms with van der Waals surface area (Å²) in [5.74, 6) is 2.52. The van der Waals surface area contributed by atoms with E-state index in [-0.39, 0.29) is 23.8 Å². The average Bonchev–Trinajstić information content (AvgIpc) is 2.45. The Labute approximate surface area is 139 Å². The first-order valence-electron chi connectivity index (χ1n) is 9.12. The topological polar surface area (TPSA) is 49.4 Å². The summed E-state index contributed by atoms with van der Waals surface area (Å²) in [5.41, 5.74) is 1.53. The molecule has 0 aromatic rings. The molecule has 4 rings (SSSR count). The molecule has 128 valence electrons. The van der Waals surface area contributed by atoms with Gasteiger partial charge in [-0.25, -0.2) is 0 Å². The van der Waals surface area contributed by atoms with Crippen molar-refractivity contribution in [3.63, 3.8) is 0 Å². The lowest BCUT2D eigenvalue weighted by molar-refractivity contribution is -0.131. The van der Waals surface area contributed by atoms with Crippen LogP contribution in [0, 0.1) is 23.2 Å². The van der Waals surface area contributed by atoms with Gasteiger partial charge in [-0.05, 0) is 75.5 Å². The lowest BCUT2D eigenvalue weighted by atomic mass is 9.48. The van der Waals surface area contributed by atoms with Gasteiger partial charge in [0.2, 0.25) is 11.8 Å². The molecule has 0 saturated heterocycles. The number of likely N-dealkylation sites (N-methyl/N-ethyl adjacent to an activating group) is 2.